The summed E-state index contributed by atoms with van der Waals surface area (Å²) in [5.41, 5.74) is 1.63. The molecule has 388 valence electrons. The lowest BCUT2D eigenvalue weighted by atomic mass is 10.0. The van der Waals surface area contributed by atoms with Crippen LogP contribution in [0.25, 0.3) is 0 Å². The zero-order chi connectivity index (χ0) is 47.3. The lowest BCUT2D eigenvalue weighted by Gasteiger charge is -2.14. The highest BCUT2D eigenvalue weighted by Crippen LogP contribution is 2.24. The van der Waals surface area contributed by atoms with E-state index in [2.05, 4.69) is 20.8 Å². The van der Waals surface area contributed by atoms with Crippen molar-refractivity contribution in [1.82, 2.24) is 0 Å². The quantitative estimate of drug-likeness (QED) is 0.0482. The summed E-state index contributed by atoms with van der Waals surface area (Å²) in [5, 5.41) is 0. The van der Waals surface area contributed by atoms with Crippen molar-refractivity contribution in [1.29, 1.82) is 0 Å². The van der Waals surface area contributed by atoms with Crippen LogP contribution in [-0.4, -0.2) is 25.8 Å². The molecule has 4 nitrogen and oxygen atoms in total. The number of ether oxygens (including phenoxy) is 3. The molecule has 1 rings (SSSR count). The van der Waals surface area contributed by atoms with Crippen LogP contribution in [0.4, 0.5) is 0 Å². The van der Waals surface area contributed by atoms with Gasteiger partial charge in [0.2, 0.25) is 0 Å². The summed E-state index contributed by atoms with van der Waals surface area (Å²) in [4.78, 5) is 13.1. The Hall–Kier alpha value is -1.55. The van der Waals surface area contributed by atoms with Crippen molar-refractivity contribution < 1.29 is 19.0 Å². The third-order valence-electron chi connectivity index (χ3n) is 14.2. The van der Waals surface area contributed by atoms with Gasteiger partial charge in [-0.05, 0) is 31.4 Å². The summed E-state index contributed by atoms with van der Waals surface area (Å²) in [6.07, 6.45) is 65.3. The Morgan fingerprint density at radius 2 is 0.606 bits per heavy atom. The van der Waals surface area contributed by atoms with E-state index in [-0.39, 0.29) is 5.97 Å². The van der Waals surface area contributed by atoms with Gasteiger partial charge in [0.15, 0.2) is 0 Å². The van der Waals surface area contributed by atoms with Crippen molar-refractivity contribution in [2.45, 2.75) is 336 Å². The minimum Gasteiger partial charge on any atom is -0.493 e. The standard InChI is InChI=1S/C62H116O4/c1-4-7-10-13-16-19-22-25-28-31-34-37-40-43-46-49-54-64-58-60-53-52-59(62(63)66-56-51-48-45-42-39-36-33-30-27-24-21-18-15-12-9-6-3)57-61(60)65-55-50-47-44-41-38-35-32-29-26-23-20-17-14-11-8-5-2/h52-53,57H,4-51,54-56,58H2,1-3H3. The van der Waals surface area contributed by atoms with Crippen molar-refractivity contribution >= 4 is 5.97 Å². The third kappa shape index (κ3) is 43.7. The second-order valence-corrected chi connectivity index (χ2v) is 20.8. The molecule has 0 aromatic heterocycles. The van der Waals surface area contributed by atoms with E-state index in [0.717, 1.165) is 43.6 Å². The van der Waals surface area contributed by atoms with Gasteiger partial charge in [-0.3, -0.25) is 0 Å². The van der Waals surface area contributed by atoms with Gasteiger partial charge >= 0.3 is 5.97 Å². The Labute approximate surface area is 413 Å². The first-order chi connectivity index (χ1) is 32.7. The third-order valence-corrected chi connectivity index (χ3v) is 14.2. The van der Waals surface area contributed by atoms with Crippen LogP contribution in [0.15, 0.2) is 18.2 Å². The maximum atomic E-state index is 13.1. The van der Waals surface area contributed by atoms with Gasteiger partial charge in [0.25, 0.3) is 0 Å². The highest BCUT2D eigenvalue weighted by atomic mass is 16.5. The van der Waals surface area contributed by atoms with Crippen LogP contribution in [0.5, 0.6) is 5.75 Å². The molecule has 0 aliphatic carbocycles. The normalized spacial score (nSPS) is 11.5. The first kappa shape index (κ1) is 62.5. The van der Waals surface area contributed by atoms with E-state index in [1.807, 2.05) is 18.2 Å². The lowest BCUT2D eigenvalue weighted by molar-refractivity contribution is 0.0496. The zero-order valence-electron chi connectivity index (χ0n) is 45.1. The summed E-state index contributed by atoms with van der Waals surface area (Å²) in [5.74, 6) is 0.559. The SMILES string of the molecule is CCCCCCCCCCCCCCCCCCOCc1ccc(C(=O)OCCCCCCCCCCCCCCCCCC)cc1OCCCCCCCCCCCCCCCCCC. The first-order valence-corrected chi connectivity index (χ1v) is 30.2. The summed E-state index contributed by atoms with van der Waals surface area (Å²) in [6.45, 7) is 9.38. The molecule has 0 saturated carbocycles. The predicted octanol–water partition coefficient (Wildman–Crippen LogP) is 21.5. The van der Waals surface area contributed by atoms with E-state index < -0.39 is 0 Å². The molecule has 4 heteroatoms. The molecule has 0 bridgehead atoms. The van der Waals surface area contributed by atoms with Gasteiger partial charge < -0.3 is 14.2 Å². The number of benzene rings is 1. The second-order valence-electron chi connectivity index (χ2n) is 20.8. The summed E-state index contributed by atoms with van der Waals surface area (Å²) < 4.78 is 18.3. The molecule has 0 amide bonds. The minimum atomic E-state index is -0.233. The molecule has 0 fully saturated rings. The van der Waals surface area contributed by atoms with E-state index in [1.54, 1.807) is 0 Å². The Balaban J connectivity index is 2.30. The molecule has 0 saturated heterocycles. The highest BCUT2D eigenvalue weighted by molar-refractivity contribution is 5.90. The Bertz CT molecular complexity index is 1100. The minimum absolute atomic E-state index is 0.233. The molecule has 0 atom stereocenters. The predicted molar refractivity (Wildman–Crippen MR) is 291 cm³/mol. The number of unbranched alkanes of at least 4 members (excludes halogenated alkanes) is 45. The maximum absolute atomic E-state index is 13.1. The van der Waals surface area contributed by atoms with Crippen LogP contribution in [0, 0.1) is 0 Å². The van der Waals surface area contributed by atoms with Gasteiger partial charge in [-0.1, -0.05) is 316 Å². The Kier molecular flexibility index (Phi) is 50.0. The second kappa shape index (κ2) is 52.8. The van der Waals surface area contributed by atoms with Crippen LogP contribution >= 0.6 is 0 Å². The number of hydrogen-bond donors (Lipinski definition) is 0. The molecule has 0 spiro atoms. The summed E-state index contributed by atoms with van der Waals surface area (Å²) in [7, 11) is 0. The molecule has 0 radical (unpaired) electrons. The van der Waals surface area contributed by atoms with Gasteiger partial charge in [0.05, 0.1) is 25.4 Å². The van der Waals surface area contributed by atoms with Crippen LogP contribution in [0.3, 0.4) is 0 Å². The summed E-state index contributed by atoms with van der Waals surface area (Å²) >= 11 is 0. The molecule has 0 N–H and O–H groups in total. The number of carbonyl (C=O) groups excluding carboxylic acids is 1. The van der Waals surface area contributed by atoms with Gasteiger partial charge in [0, 0.05) is 12.2 Å². The largest absolute Gasteiger partial charge is 0.493 e. The van der Waals surface area contributed by atoms with E-state index in [0.29, 0.717) is 25.4 Å². The first-order valence-electron chi connectivity index (χ1n) is 30.2. The van der Waals surface area contributed by atoms with Gasteiger partial charge in [-0.15, -0.1) is 0 Å². The molecule has 0 aliphatic rings. The molecule has 1 aromatic carbocycles. The van der Waals surface area contributed by atoms with Crippen LogP contribution in [0.1, 0.15) is 345 Å². The molecular formula is C62H116O4. The Morgan fingerprint density at radius 3 is 0.924 bits per heavy atom. The van der Waals surface area contributed by atoms with Gasteiger partial charge in [0.1, 0.15) is 5.75 Å². The lowest BCUT2D eigenvalue weighted by Crippen LogP contribution is -2.09. The van der Waals surface area contributed by atoms with Crippen molar-refractivity contribution in [3.8, 4) is 5.75 Å². The number of carbonyl (C=O) groups is 1. The van der Waals surface area contributed by atoms with E-state index in [9.17, 15) is 4.79 Å². The molecular weight excluding hydrogens is 809 g/mol. The fraction of sp³-hybridized carbons (Fsp3) is 0.887. The molecule has 1 aromatic rings. The zero-order valence-corrected chi connectivity index (χ0v) is 45.1. The van der Waals surface area contributed by atoms with Crippen LogP contribution in [-0.2, 0) is 16.1 Å². The van der Waals surface area contributed by atoms with Crippen molar-refractivity contribution in [2.75, 3.05) is 19.8 Å². The van der Waals surface area contributed by atoms with Crippen molar-refractivity contribution in [3.63, 3.8) is 0 Å². The maximum Gasteiger partial charge on any atom is 0.338 e. The average Bonchev–Trinajstić information content (AvgIpc) is 3.33. The fourth-order valence-corrected chi connectivity index (χ4v) is 9.60. The molecule has 0 unspecified atom stereocenters. The molecule has 0 aliphatic heterocycles. The Morgan fingerprint density at radius 1 is 0.333 bits per heavy atom. The van der Waals surface area contributed by atoms with Crippen molar-refractivity contribution in [3.05, 3.63) is 29.3 Å². The van der Waals surface area contributed by atoms with E-state index in [1.165, 1.54) is 283 Å². The molecule has 0 heterocycles. The van der Waals surface area contributed by atoms with E-state index in [4.69, 9.17) is 14.2 Å². The number of rotatable bonds is 55. The summed E-state index contributed by atoms with van der Waals surface area (Å²) in [6, 6.07) is 5.85. The van der Waals surface area contributed by atoms with Gasteiger partial charge in [-0.2, -0.15) is 0 Å². The van der Waals surface area contributed by atoms with Crippen LogP contribution < -0.4 is 4.74 Å². The van der Waals surface area contributed by atoms with E-state index >= 15 is 0 Å². The monoisotopic (exact) mass is 925 g/mol. The fourth-order valence-electron chi connectivity index (χ4n) is 9.60. The molecule has 66 heavy (non-hydrogen) atoms. The van der Waals surface area contributed by atoms with Crippen molar-refractivity contribution in [2.24, 2.45) is 0 Å². The van der Waals surface area contributed by atoms with Crippen LogP contribution in [0.2, 0.25) is 0 Å². The topological polar surface area (TPSA) is 44.8 Å². The highest BCUT2D eigenvalue weighted by Gasteiger charge is 2.13. The smallest absolute Gasteiger partial charge is 0.338 e. The van der Waals surface area contributed by atoms with Gasteiger partial charge in [-0.25, -0.2) is 4.79 Å². The average molecular weight is 926 g/mol. The number of hydrogen-bond acceptors (Lipinski definition) is 4. The number of esters is 1.